The van der Waals surface area contributed by atoms with Gasteiger partial charge in [-0.3, -0.25) is 0 Å². The molecule has 0 bridgehead atoms. The molecule has 0 saturated heterocycles. The number of aliphatic hydroxyl groups excluding tert-OH is 1. The molecule has 2 aromatic rings. The van der Waals surface area contributed by atoms with Gasteiger partial charge in [-0.05, 0) is 38.3 Å². The number of nitrogens with one attached hydrogen (secondary N) is 1. The van der Waals surface area contributed by atoms with Crippen LogP contribution in [-0.4, -0.2) is 28.4 Å². The maximum atomic E-state index is 10.5. The van der Waals surface area contributed by atoms with E-state index in [2.05, 4.69) is 29.8 Å². The number of nitrogens with zero attached hydrogens (tertiary/aromatic N) is 1. The first kappa shape index (κ1) is 16.8. The molecule has 0 amide bonds. The molecule has 0 unspecified atom stereocenters. The first-order valence-electron chi connectivity index (χ1n) is 8.73. The molecule has 1 heterocycles. The molecule has 3 nitrogen and oxygen atoms in total. The Hall–Kier alpha value is -1.03. The fraction of sp³-hybridized carbons (Fsp3) is 0.579. The van der Waals surface area contributed by atoms with E-state index >= 15 is 0 Å². The molecule has 1 aromatic carbocycles. The van der Waals surface area contributed by atoms with Gasteiger partial charge in [0.05, 0.1) is 23.2 Å². The van der Waals surface area contributed by atoms with Crippen molar-refractivity contribution in [1.29, 1.82) is 0 Å². The summed E-state index contributed by atoms with van der Waals surface area (Å²) in [5, 5.41) is 16.0. The Bertz CT molecular complexity index is 674. The third kappa shape index (κ3) is 3.57. The Morgan fingerprint density at radius 3 is 2.74 bits per heavy atom. The van der Waals surface area contributed by atoms with Crippen molar-refractivity contribution in [2.75, 3.05) is 6.54 Å². The van der Waals surface area contributed by atoms with Crippen molar-refractivity contribution >= 4 is 22.5 Å². The number of aromatic nitrogens is 1. The summed E-state index contributed by atoms with van der Waals surface area (Å²) in [4.78, 5) is 0. The van der Waals surface area contributed by atoms with Gasteiger partial charge in [-0.25, -0.2) is 0 Å². The highest BCUT2D eigenvalue weighted by Gasteiger charge is 2.18. The van der Waals surface area contributed by atoms with Gasteiger partial charge in [-0.2, -0.15) is 0 Å². The number of hydrogen-bond donors (Lipinski definition) is 2. The van der Waals surface area contributed by atoms with E-state index in [1.807, 2.05) is 12.1 Å². The minimum absolute atomic E-state index is 0.401. The predicted octanol–water partition coefficient (Wildman–Crippen LogP) is 4.19. The minimum Gasteiger partial charge on any atom is -0.390 e. The largest absolute Gasteiger partial charge is 0.390 e. The molecular weight excluding hydrogens is 308 g/mol. The van der Waals surface area contributed by atoms with Gasteiger partial charge in [-0.1, -0.05) is 43.0 Å². The smallest absolute Gasteiger partial charge is 0.0843 e. The van der Waals surface area contributed by atoms with E-state index in [9.17, 15) is 5.11 Å². The van der Waals surface area contributed by atoms with Gasteiger partial charge in [0.1, 0.15) is 0 Å². The van der Waals surface area contributed by atoms with E-state index < -0.39 is 6.10 Å². The van der Waals surface area contributed by atoms with Crippen LogP contribution in [-0.2, 0) is 6.54 Å². The van der Waals surface area contributed by atoms with Crippen molar-refractivity contribution in [2.45, 2.75) is 64.6 Å². The molecule has 4 heteroatoms. The van der Waals surface area contributed by atoms with Gasteiger partial charge in [0.2, 0.25) is 0 Å². The molecule has 0 aliphatic heterocycles. The number of benzene rings is 1. The van der Waals surface area contributed by atoms with Crippen molar-refractivity contribution in [1.82, 2.24) is 9.88 Å². The Morgan fingerprint density at radius 1 is 1.26 bits per heavy atom. The third-order valence-corrected chi connectivity index (χ3v) is 5.55. The van der Waals surface area contributed by atoms with Gasteiger partial charge >= 0.3 is 0 Å². The van der Waals surface area contributed by atoms with Crippen molar-refractivity contribution in [3.05, 3.63) is 34.5 Å². The van der Waals surface area contributed by atoms with Crippen LogP contribution in [0.25, 0.3) is 10.9 Å². The molecule has 1 aliphatic carbocycles. The summed E-state index contributed by atoms with van der Waals surface area (Å²) in [5.74, 6) is 0. The lowest BCUT2D eigenvalue weighted by molar-refractivity contribution is 0.145. The van der Waals surface area contributed by atoms with Crippen molar-refractivity contribution in [2.24, 2.45) is 0 Å². The standard InChI is InChI=1S/C19H27ClN2O/c1-13-14(2)22(19-17(13)9-6-10-18(19)20)12-16(23)11-21-15-7-4-3-5-8-15/h6,9-10,15-16,21,23H,3-5,7-8,11-12H2,1-2H3/t16-/m0/s1. The second-order valence-electron chi connectivity index (χ2n) is 6.85. The lowest BCUT2D eigenvalue weighted by atomic mass is 9.95. The number of rotatable bonds is 5. The first-order valence-corrected chi connectivity index (χ1v) is 9.11. The summed E-state index contributed by atoms with van der Waals surface area (Å²) in [5.41, 5.74) is 3.47. The Morgan fingerprint density at radius 2 is 2.00 bits per heavy atom. The molecule has 1 fully saturated rings. The van der Waals surface area contributed by atoms with Crippen molar-refractivity contribution in [3.63, 3.8) is 0 Å². The second kappa shape index (κ2) is 7.25. The van der Waals surface area contributed by atoms with Crippen LogP contribution in [0.3, 0.4) is 0 Å². The molecule has 1 atom stereocenters. The van der Waals surface area contributed by atoms with E-state index in [1.165, 1.54) is 48.7 Å². The highest BCUT2D eigenvalue weighted by atomic mass is 35.5. The molecule has 0 spiro atoms. The summed E-state index contributed by atoms with van der Waals surface area (Å²) in [6, 6.07) is 6.59. The zero-order chi connectivity index (χ0) is 16.4. The maximum Gasteiger partial charge on any atom is 0.0843 e. The minimum atomic E-state index is -0.401. The van der Waals surface area contributed by atoms with Gasteiger partial charge in [0.15, 0.2) is 0 Å². The van der Waals surface area contributed by atoms with Crippen LogP contribution >= 0.6 is 11.6 Å². The normalized spacial score (nSPS) is 17.7. The van der Waals surface area contributed by atoms with Gasteiger partial charge in [-0.15, -0.1) is 0 Å². The van der Waals surface area contributed by atoms with E-state index in [1.54, 1.807) is 0 Å². The van der Waals surface area contributed by atoms with Gasteiger partial charge in [0.25, 0.3) is 0 Å². The second-order valence-corrected chi connectivity index (χ2v) is 7.26. The summed E-state index contributed by atoms with van der Waals surface area (Å²) >= 11 is 6.41. The Kier molecular flexibility index (Phi) is 5.30. The molecular formula is C19H27ClN2O. The van der Waals surface area contributed by atoms with Crippen molar-refractivity contribution < 1.29 is 5.11 Å². The van der Waals surface area contributed by atoms with Crippen LogP contribution < -0.4 is 5.32 Å². The summed E-state index contributed by atoms with van der Waals surface area (Å²) in [6.07, 6.45) is 6.05. The summed E-state index contributed by atoms with van der Waals surface area (Å²) < 4.78 is 2.17. The maximum absolute atomic E-state index is 10.5. The van der Waals surface area contributed by atoms with Crippen LogP contribution in [0.15, 0.2) is 18.2 Å². The molecule has 126 valence electrons. The topological polar surface area (TPSA) is 37.2 Å². The van der Waals surface area contributed by atoms with E-state index in [-0.39, 0.29) is 0 Å². The van der Waals surface area contributed by atoms with Crippen molar-refractivity contribution in [3.8, 4) is 0 Å². The van der Waals surface area contributed by atoms with E-state index in [0.717, 1.165) is 10.5 Å². The molecule has 0 radical (unpaired) electrons. The molecule has 1 saturated carbocycles. The molecule has 2 N–H and O–H groups in total. The van der Waals surface area contributed by atoms with Crippen LogP contribution in [0.5, 0.6) is 0 Å². The number of aliphatic hydroxyl groups is 1. The number of para-hydroxylation sites is 1. The zero-order valence-corrected chi connectivity index (χ0v) is 14.9. The molecule has 1 aromatic heterocycles. The Labute approximate surface area is 143 Å². The summed E-state index contributed by atoms with van der Waals surface area (Å²) in [7, 11) is 0. The number of fused-ring (bicyclic) bond motifs is 1. The fourth-order valence-corrected chi connectivity index (χ4v) is 4.05. The number of hydrogen-bond acceptors (Lipinski definition) is 2. The summed E-state index contributed by atoms with van der Waals surface area (Å²) in [6.45, 7) is 5.46. The highest BCUT2D eigenvalue weighted by molar-refractivity contribution is 6.35. The van der Waals surface area contributed by atoms with Crippen LogP contribution in [0.1, 0.15) is 43.4 Å². The lowest BCUT2D eigenvalue weighted by Crippen LogP contribution is -2.38. The predicted molar refractivity (Wildman–Crippen MR) is 97.3 cm³/mol. The molecule has 3 rings (SSSR count). The van der Waals surface area contributed by atoms with Crippen LogP contribution in [0.2, 0.25) is 5.02 Å². The number of halogens is 1. The SMILES string of the molecule is Cc1c(C)n(C[C@@H](O)CNC2CCCCC2)c2c(Cl)cccc12. The van der Waals surface area contributed by atoms with Gasteiger partial charge < -0.3 is 15.0 Å². The number of aryl methyl sites for hydroxylation is 1. The monoisotopic (exact) mass is 334 g/mol. The quantitative estimate of drug-likeness (QED) is 0.860. The third-order valence-electron chi connectivity index (χ3n) is 5.25. The van der Waals surface area contributed by atoms with E-state index in [0.29, 0.717) is 19.1 Å². The molecule has 1 aliphatic rings. The van der Waals surface area contributed by atoms with Crippen LogP contribution in [0.4, 0.5) is 0 Å². The lowest BCUT2D eigenvalue weighted by Gasteiger charge is -2.24. The first-order chi connectivity index (χ1) is 11.1. The zero-order valence-electron chi connectivity index (χ0n) is 14.1. The Balaban J connectivity index is 1.72. The van der Waals surface area contributed by atoms with Gasteiger partial charge in [0, 0.05) is 23.7 Å². The average Bonchev–Trinajstić information content (AvgIpc) is 2.80. The van der Waals surface area contributed by atoms with Crippen LogP contribution in [0, 0.1) is 13.8 Å². The fourth-order valence-electron chi connectivity index (χ4n) is 3.77. The molecule has 23 heavy (non-hydrogen) atoms. The average molecular weight is 335 g/mol. The highest BCUT2D eigenvalue weighted by Crippen LogP contribution is 2.30. The van der Waals surface area contributed by atoms with E-state index in [4.69, 9.17) is 11.6 Å².